The summed E-state index contributed by atoms with van der Waals surface area (Å²) in [7, 11) is 0. The lowest BCUT2D eigenvalue weighted by Gasteiger charge is -2.19. The first-order valence-electron chi connectivity index (χ1n) is 8.40. The van der Waals surface area contributed by atoms with Crippen LogP contribution in [0.15, 0.2) is 23.9 Å². The molecule has 23 heavy (non-hydrogen) atoms. The van der Waals surface area contributed by atoms with E-state index < -0.39 is 0 Å². The molecular formula is C17H24N4O2. The maximum Gasteiger partial charge on any atom is 0.226 e. The van der Waals surface area contributed by atoms with Gasteiger partial charge in [0.2, 0.25) is 11.8 Å². The lowest BCUT2D eigenvalue weighted by Crippen LogP contribution is -2.29. The number of hydrogen-bond acceptors (Lipinski definition) is 3. The average Bonchev–Trinajstić information content (AvgIpc) is 3.16. The van der Waals surface area contributed by atoms with Crippen LogP contribution in [0.25, 0.3) is 0 Å². The van der Waals surface area contributed by atoms with Gasteiger partial charge in [-0.05, 0) is 32.1 Å². The van der Waals surface area contributed by atoms with Crippen molar-refractivity contribution in [2.75, 3.05) is 18.4 Å². The van der Waals surface area contributed by atoms with Crippen molar-refractivity contribution in [3.63, 3.8) is 0 Å². The molecule has 2 aliphatic rings. The summed E-state index contributed by atoms with van der Waals surface area (Å²) in [6, 6.07) is 1.99. The minimum Gasteiger partial charge on any atom is -0.340 e. The highest BCUT2D eigenvalue weighted by Gasteiger charge is 2.28. The number of nitrogens with one attached hydrogen (secondary N) is 1. The molecule has 1 aromatic heterocycles. The molecule has 0 bridgehead atoms. The molecule has 1 fully saturated rings. The molecule has 2 heterocycles. The number of hydrogen-bond donors (Lipinski definition) is 1. The van der Waals surface area contributed by atoms with Crippen molar-refractivity contribution >= 4 is 17.6 Å². The Hall–Kier alpha value is -2.11. The number of aromatic nitrogens is 2. The molecule has 6 nitrogen and oxygen atoms in total. The predicted molar refractivity (Wildman–Crippen MR) is 87.9 cm³/mol. The Morgan fingerprint density at radius 2 is 2.26 bits per heavy atom. The van der Waals surface area contributed by atoms with E-state index in [4.69, 9.17) is 0 Å². The van der Waals surface area contributed by atoms with Gasteiger partial charge in [-0.3, -0.25) is 14.3 Å². The van der Waals surface area contributed by atoms with Gasteiger partial charge in [0, 0.05) is 38.7 Å². The summed E-state index contributed by atoms with van der Waals surface area (Å²) in [4.78, 5) is 25.4. The number of nitrogens with zero attached hydrogens (tertiary/aromatic N) is 3. The summed E-state index contributed by atoms with van der Waals surface area (Å²) >= 11 is 0. The Labute approximate surface area is 136 Å². The van der Waals surface area contributed by atoms with Gasteiger partial charge in [-0.2, -0.15) is 5.10 Å². The molecule has 124 valence electrons. The Morgan fingerprint density at radius 3 is 3.00 bits per heavy atom. The Kier molecular flexibility index (Phi) is 4.79. The van der Waals surface area contributed by atoms with E-state index in [-0.39, 0.29) is 17.9 Å². The summed E-state index contributed by atoms with van der Waals surface area (Å²) in [5.74, 6) is 0.670. The zero-order valence-corrected chi connectivity index (χ0v) is 13.6. The Balaban J connectivity index is 1.55. The number of amides is 2. The molecule has 0 saturated carbocycles. The van der Waals surface area contributed by atoms with Crippen LogP contribution in [-0.2, 0) is 9.59 Å². The third-order valence-corrected chi connectivity index (χ3v) is 4.57. The number of carbonyl (C=O) groups is 2. The van der Waals surface area contributed by atoms with E-state index >= 15 is 0 Å². The highest BCUT2D eigenvalue weighted by Crippen LogP contribution is 2.25. The number of carbonyl (C=O) groups excluding carboxylic acids is 2. The third-order valence-electron chi connectivity index (χ3n) is 4.57. The Morgan fingerprint density at radius 1 is 1.39 bits per heavy atom. The smallest absolute Gasteiger partial charge is 0.226 e. The van der Waals surface area contributed by atoms with Crippen LogP contribution < -0.4 is 5.32 Å². The quantitative estimate of drug-likeness (QED) is 0.868. The molecule has 2 amide bonds. The van der Waals surface area contributed by atoms with Crippen LogP contribution in [0.2, 0.25) is 0 Å². The minimum absolute atomic E-state index is 0.126. The molecule has 0 spiro atoms. The summed E-state index contributed by atoms with van der Waals surface area (Å²) in [5, 5.41) is 7.06. The van der Waals surface area contributed by atoms with Crippen LogP contribution >= 0.6 is 0 Å². The summed E-state index contributed by atoms with van der Waals surface area (Å²) in [6.45, 7) is 2.95. The molecule has 0 unspecified atom stereocenters. The summed E-state index contributed by atoms with van der Waals surface area (Å²) in [6.07, 6.45) is 10.2. The van der Waals surface area contributed by atoms with Gasteiger partial charge in [-0.25, -0.2) is 0 Å². The van der Waals surface area contributed by atoms with E-state index in [9.17, 15) is 9.59 Å². The third kappa shape index (κ3) is 4.00. The van der Waals surface area contributed by atoms with Crippen LogP contribution in [0.5, 0.6) is 0 Å². The van der Waals surface area contributed by atoms with E-state index in [0.717, 1.165) is 25.8 Å². The molecule has 1 saturated heterocycles. The maximum atomic E-state index is 12.4. The van der Waals surface area contributed by atoms with Crippen molar-refractivity contribution in [1.29, 1.82) is 0 Å². The maximum absolute atomic E-state index is 12.4. The fourth-order valence-corrected chi connectivity index (χ4v) is 3.34. The zero-order chi connectivity index (χ0) is 16.2. The van der Waals surface area contributed by atoms with Crippen LogP contribution in [0.1, 0.15) is 51.5 Å². The number of allylic oxidation sites excluding steroid dienone is 1. The molecule has 1 N–H and O–H groups in total. The fraction of sp³-hybridized carbons (Fsp3) is 0.588. The summed E-state index contributed by atoms with van der Waals surface area (Å²) in [5.41, 5.74) is 1.30. The zero-order valence-electron chi connectivity index (χ0n) is 13.6. The van der Waals surface area contributed by atoms with Crippen molar-refractivity contribution in [3.05, 3.63) is 23.9 Å². The topological polar surface area (TPSA) is 67.2 Å². The molecule has 1 atom stereocenters. The normalized spacial score (nSPS) is 21.2. The molecule has 1 aliphatic carbocycles. The number of likely N-dealkylation sites (tertiary alicyclic amines) is 1. The van der Waals surface area contributed by atoms with Crippen molar-refractivity contribution < 1.29 is 9.59 Å². The molecule has 0 radical (unpaired) electrons. The minimum atomic E-state index is -0.126. The van der Waals surface area contributed by atoms with E-state index in [2.05, 4.69) is 16.5 Å². The first-order chi connectivity index (χ1) is 11.1. The average molecular weight is 316 g/mol. The van der Waals surface area contributed by atoms with Crippen LogP contribution in [0, 0.1) is 0 Å². The first kappa shape index (κ1) is 15.8. The largest absolute Gasteiger partial charge is 0.340 e. The standard InChI is InChI=1S/C17H24N4O2/c1-13(22)18-16-8-10-21(19-16)15-7-9-20(12-15)17(23)11-14-5-3-2-4-6-14/h5,8,10,15H,2-4,6-7,9,11-12H2,1H3,(H,18,19,22)/t15-/m1/s1. The van der Waals surface area contributed by atoms with Crippen LogP contribution in [0.3, 0.4) is 0 Å². The van der Waals surface area contributed by atoms with Gasteiger partial charge in [0.25, 0.3) is 0 Å². The highest BCUT2D eigenvalue weighted by atomic mass is 16.2. The predicted octanol–water partition coefficient (Wildman–Crippen LogP) is 2.51. The van der Waals surface area contributed by atoms with Crippen molar-refractivity contribution in [3.8, 4) is 0 Å². The molecular weight excluding hydrogens is 292 g/mol. The highest BCUT2D eigenvalue weighted by molar-refractivity contribution is 5.87. The fourth-order valence-electron chi connectivity index (χ4n) is 3.34. The van der Waals surface area contributed by atoms with E-state index in [0.29, 0.717) is 18.8 Å². The van der Waals surface area contributed by atoms with Crippen LogP contribution in [-0.4, -0.2) is 39.6 Å². The van der Waals surface area contributed by atoms with E-state index in [1.165, 1.54) is 25.3 Å². The van der Waals surface area contributed by atoms with Gasteiger partial charge in [0.15, 0.2) is 5.82 Å². The van der Waals surface area contributed by atoms with E-state index in [1.54, 1.807) is 6.07 Å². The lowest BCUT2D eigenvalue weighted by molar-refractivity contribution is -0.129. The van der Waals surface area contributed by atoms with Gasteiger partial charge < -0.3 is 10.2 Å². The molecule has 3 rings (SSSR count). The lowest BCUT2D eigenvalue weighted by atomic mass is 9.97. The second kappa shape index (κ2) is 6.98. The molecule has 0 aromatic carbocycles. The molecule has 1 aromatic rings. The number of rotatable bonds is 4. The second-order valence-corrected chi connectivity index (χ2v) is 6.43. The van der Waals surface area contributed by atoms with Gasteiger partial charge in [-0.15, -0.1) is 0 Å². The van der Waals surface area contributed by atoms with Crippen molar-refractivity contribution in [2.45, 2.75) is 51.5 Å². The molecule has 6 heteroatoms. The first-order valence-corrected chi connectivity index (χ1v) is 8.40. The second-order valence-electron chi connectivity index (χ2n) is 6.43. The van der Waals surface area contributed by atoms with Gasteiger partial charge >= 0.3 is 0 Å². The van der Waals surface area contributed by atoms with Crippen LogP contribution in [0.4, 0.5) is 5.82 Å². The van der Waals surface area contributed by atoms with Crippen molar-refractivity contribution in [2.24, 2.45) is 0 Å². The number of anilines is 1. The SMILES string of the molecule is CC(=O)Nc1ccn([C@@H]2CCN(C(=O)CC3=CCCCC3)C2)n1. The van der Waals surface area contributed by atoms with Crippen molar-refractivity contribution in [1.82, 2.24) is 14.7 Å². The van der Waals surface area contributed by atoms with Gasteiger partial charge in [0.05, 0.1) is 6.04 Å². The van der Waals surface area contributed by atoms with Gasteiger partial charge in [-0.1, -0.05) is 11.6 Å². The molecule has 1 aliphatic heterocycles. The monoisotopic (exact) mass is 316 g/mol. The summed E-state index contributed by atoms with van der Waals surface area (Å²) < 4.78 is 1.86. The Bertz CT molecular complexity index is 620. The van der Waals surface area contributed by atoms with Gasteiger partial charge in [0.1, 0.15) is 0 Å². The van der Waals surface area contributed by atoms with E-state index in [1.807, 2.05) is 15.8 Å².